The second-order valence-electron chi connectivity index (χ2n) is 4.77. The highest BCUT2D eigenvalue weighted by Crippen LogP contribution is 2.17. The van der Waals surface area contributed by atoms with Gasteiger partial charge in [-0.05, 0) is 25.3 Å². The van der Waals surface area contributed by atoms with Crippen molar-refractivity contribution >= 4 is 5.91 Å². The second-order valence-corrected chi connectivity index (χ2v) is 4.77. The van der Waals surface area contributed by atoms with Crippen LogP contribution in [0.4, 0.5) is 0 Å². The van der Waals surface area contributed by atoms with Gasteiger partial charge in [-0.15, -0.1) is 0 Å². The molecule has 0 aromatic heterocycles. The van der Waals surface area contributed by atoms with Gasteiger partial charge in [0.1, 0.15) is 0 Å². The molecule has 1 saturated heterocycles. The summed E-state index contributed by atoms with van der Waals surface area (Å²) in [6.07, 6.45) is 2.33. The first-order valence-corrected chi connectivity index (χ1v) is 6.27. The maximum atomic E-state index is 12.0. The van der Waals surface area contributed by atoms with Crippen LogP contribution >= 0.6 is 0 Å². The van der Waals surface area contributed by atoms with E-state index >= 15 is 0 Å². The zero-order chi connectivity index (χ0) is 12.3. The van der Waals surface area contributed by atoms with Crippen LogP contribution in [0.2, 0.25) is 0 Å². The van der Waals surface area contributed by atoms with Gasteiger partial charge in [-0.1, -0.05) is 30.3 Å². The van der Waals surface area contributed by atoms with E-state index in [4.69, 9.17) is 5.73 Å². The van der Waals surface area contributed by atoms with Gasteiger partial charge in [-0.25, -0.2) is 0 Å². The van der Waals surface area contributed by atoms with Crippen LogP contribution in [0.15, 0.2) is 30.3 Å². The summed E-state index contributed by atoms with van der Waals surface area (Å²) >= 11 is 0. The van der Waals surface area contributed by atoms with E-state index < -0.39 is 0 Å². The standard InChI is InChI=1S/C14H20N2O/c1-11-13(15)9-10-16(11)14(17)8-7-12-5-3-2-4-6-12/h2-6,11,13H,7-10,15H2,1H3. The van der Waals surface area contributed by atoms with Crippen molar-refractivity contribution in [3.63, 3.8) is 0 Å². The average molecular weight is 232 g/mol. The summed E-state index contributed by atoms with van der Waals surface area (Å²) in [5.41, 5.74) is 7.14. The highest BCUT2D eigenvalue weighted by atomic mass is 16.2. The lowest BCUT2D eigenvalue weighted by Gasteiger charge is -2.23. The van der Waals surface area contributed by atoms with Gasteiger partial charge >= 0.3 is 0 Å². The second kappa shape index (κ2) is 5.32. The minimum absolute atomic E-state index is 0.149. The smallest absolute Gasteiger partial charge is 0.223 e. The summed E-state index contributed by atoms with van der Waals surface area (Å²) in [5, 5.41) is 0. The fourth-order valence-electron chi connectivity index (χ4n) is 2.36. The van der Waals surface area contributed by atoms with Gasteiger partial charge in [0.25, 0.3) is 0 Å². The van der Waals surface area contributed by atoms with Crippen LogP contribution in [0, 0.1) is 0 Å². The molecule has 0 aliphatic carbocycles. The van der Waals surface area contributed by atoms with Crippen LogP contribution in [0.5, 0.6) is 0 Å². The van der Waals surface area contributed by atoms with Gasteiger partial charge in [-0.3, -0.25) is 4.79 Å². The van der Waals surface area contributed by atoms with Gasteiger partial charge in [-0.2, -0.15) is 0 Å². The van der Waals surface area contributed by atoms with Gasteiger partial charge in [0.2, 0.25) is 5.91 Å². The summed E-state index contributed by atoms with van der Waals surface area (Å²) in [6, 6.07) is 10.5. The van der Waals surface area contributed by atoms with Crippen molar-refractivity contribution < 1.29 is 4.79 Å². The molecular weight excluding hydrogens is 212 g/mol. The third-order valence-electron chi connectivity index (χ3n) is 3.61. The van der Waals surface area contributed by atoms with Crippen LogP contribution in [-0.2, 0) is 11.2 Å². The predicted octanol–water partition coefficient (Wildman–Crippen LogP) is 1.57. The quantitative estimate of drug-likeness (QED) is 0.859. The number of hydrogen-bond acceptors (Lipinski definition) is 2. The Morgan fingerprint density at radius 2 is 2.12 bits per heavy atom. The van der Waals surface area contributed by atoms with Crippen molar-refractivity contribution in [2.24, 2.45) is 5.73 Å². The molecule has 0 saturated carbocycles. The fraction of sp³-hybridized carbons (Fsp3) is 0.500. The molecule has 3 heteroatoms. The molecule has 1 aromatic carbocycles. The van der Waals surface area contributed by atoms with Crippen molar-refractivity contribution in [2.75, 3.05) is 6.54 Å². The Morgan fingerprint density at radius 1 is 1.41 bits per heavy atom. The van der Waals surface area contributed by atoms with E-state index in [0.717, 1.165) is 19.4 Å². The molecule has 1 aliphatic heterocycles. The van der Waals surface area contributed by atoms with Crippen LogP contribution in [-0.4, -0.2) is 29.4 Å². The summed E-state index contributed by atoms with van der Waals surface area (Å²) in [4.78, 5) is 14.0. The topological polar surface area (TPSA) is 46.3 Å². The third-order valence-corrected chi connectivity index (χ3v) is 3.61. The van der Waals surface area contributed by atoms with Gasteiger partial charge in [0.05, 0.1) is 0 Å². The lowest BCUT2D eigenvalue weighted by molar-refractivity contribution is -0.131. The number of aryl methyl sites for hydroxylation is 1. The molecule has 0 radical (unpaired) electrons. The molecule has 2 N–H and O–H groups in total. The van der Waals surface area contributed by atoms with Crippen LogP contribution in [0.25, 0.3) is 0 Å². The van der Waals surface area contributed by atoms with Gasteiger partial charge < -0.3 is 10.6 Å². The van der Waals surface area contributed by atoms with Crippen molar-refractivity contribution in [2.45, 2.75) is 38.3 Å². The number of carbonyl (C=O) groups excluding carboxylic acids is 1. The maximum absolute atomic E-state index is 12.0. The average Bonchev–Trinajstić information content (AvgIpc) is 2.69. The molecule has 1 amide bonds. The van der Waals surface area contributed by atoms with Gasteiger partial charge in [0, 0.05) is 25.0 Å². The number of rotatable bonds is 3. The van der Waals surface area contributed by atoms with E-state index in [1.807, 2.05) is 30.0 Å². The van der Waals surface area contributed by atoms with E-state index in [1.54, 1.807) is 0 Å². The Morgan fingerprint density at radius 3 is 2.71 bits per heavy atom. The molecule has 92 valence electrons. The number of likely N-dealkylation sites (tertiary alicyclic amines) is 1. The number of nitrogens with two attached hydrogens (primary N) is 1. The molecular formula is C14H20N2O. The molecule has 0 spiro atoms. The van der Waals surface area contributed by atoms with Gasteiger partial charge in [0.15, 0.2) is 0 Å². The number of nitrogens with zero attached hydrogens (tertiary/aromatic N) is 1. The zero-order valence-electron chi connectivity index (χ0n) is 10.3. The number of carbonyl (C=O) groups is 1. The Kier molecular flexibility index (Phi) is 3.79. The van der Waals surface area contributed by atoms with Crippen LogP contribution in [0.1, 0.15) is 25.3 Å². The SMILES string of the molecule is CC1C(N)CCN1C(=O)CCc1ccccc1. The highest BCUT2D eigenvalue weighted by Gasteiger charge is 2.30. The van der Waals surface area contributed by atoms with Crippen molar-refractivity contribution in [1.29, 1.82) is 0 Å². The molecule has 1 aromatic rings. The monoisotopic (exact) mass is 232 g/mol. The van der Waals surface area contributed by atoms with E-state index in [-0.39, 0.29) is 18.0 Å². The number of hydrogen-bond donors (Lipinski definition) is 1. The lowest BCUT2D eigenvalue weighted by Crippen LogP contribution is -2.40. The minimum Gasteiger partial charge on any atom is -0.338 e. The van der Waals surface area contributed by atoms with E-state index in [2.05, 4.69) is 12.1 Å². The van der Waals surface area contributed by atoms with Crippen molar-refractivity contribution in [3.05, 3.63) is 35.9 Å². The third kappa shape index (κ3) is 2.86. The first-order chi connectivity index (χ1) is 8.18. The molecule has 17 heavy (non-hydrogen) atoms. The summed E-state index contributed by atoms with van der Waals surface area (Å²) in [6.45, 7) is 2.86. The number of benzene rings is 1. The van der Waals surface area contributed by atoms with E-state index in [9.17, 15) is 4.79 Å². The maximum Gasteiger partial charge on any atom is 0.223 e. The summed E-state index contributed by atoms with van der Waals surface area (Å²) in [5.74, 6) is 0.231. The Hall–Kier alpha value is -1.35. The Labute approximate surface area is 103 Å². The minimum atomic E-state index is 0.149. The first kappa shape index (κ1) is 12.1. The fourth-order valence-corrected chi connectivity index (χ4v) is 2.36. The molecule has 2 unspecified atom stereocenters. The predicted molar refractivity (Wildman–Crippen MR) is 68.5 cm³/mol. The molecule has 2 rings (SSSR count). The summed E-state index contributed by atoms with van der Waals surface area (Å²) < 4.78 is 0. The normalized spacial score (nSPS) is 24.0. The van der Waals surface area contributed by atoms with Crippen LogP contribution < -0.4 is 5.73 Å². The molecule has 3 nitrogen and oxygen atoms in total. The molecule has 1 fully saturated rings. The molecule has 0 bridgehead atoms. The molecule has 1 heterocycles. The van der Waals surface area contributed by atoms with Crippen molar-refractivity contribution in [3.8, 4) is 0 Å². The highest BCUT2D eigenvalue weighted by molar-refractivity contribution is 5.77. The molecule has 2 atom stereocenters. The van der Waals surface area contributed by atoms with E-state index in [1.165, 1.54) is 5.56 Å². The summed E-state index contributed by atoms with van der Waals surface area (Å²) in [7, 11) is 0. The lowest BCUT2D eigenvalue weighted by atomic mass is 10.1. The Bertz CT molecular complexity index is 377. The largest absolute Gasteiger partial charge is 0.338 e. The Balaban J connectivity index is 1.86. The number of amides is 1. The zero-order valence-corrected chi connectivity index (χ0v) is 10.3. The molecule has 1 aliphatic rings. The first-order valence-electron chi connectivity index (χ1n) is 6.27. The van der Waals surface area contributed by atoms with E-state index in [0.29, 0.717) is 6.42 Å². The van der Waals surface area contributed by atoms with Crippen LogP contribution in [0.3, 0.4) is 0 Å². The van der Waals surface area contributed by atoms with Crippen molar-refractivity contribution in [1.82, 2.24) is 4.90 Å².